The average molecular weight is 399 g/mol. The fraction of sp³-hybridized carbons (Fsp3) is 0.565. The Morgan fingerprint density at radius 1 is 0.793 bits per heavy atom. The van der Waals surface area contributed by atoms with E-state index in [1.165, 1.54) is 0 Å². The van der Waals surface area contributed by atoms with Gasteiger partial charge in [0.25, 0.3) is 0 Å². The zero-order valence-electron chi connectivity index (χ0n) is 19.5. The molecule has 0 aliphatic heterocycles. The lowest BCUT2D eigenvalue weighted by Gasteiger charge is -2.27. The van der Waals surface area contributed by atoms with E-state index in [0.717, 1.165) is 35.0 Å². The summed E-state index contributed by atoms with van der Waals surface area (Å²) < 4.78 is 0. The van der Waals surface area contributed by atoms with E-state index >= 15 is 0 Å². The summed E-state index contributed by atoms with van der Waals surface area (Å²) in [6, 6.07) is 8.60. The van der Waals surface area contributed by atoms with E-state index in [4.69, 9.17) is 9.97 Å². The molecule has 0 aliphatic rings. The maximum absolute atomic E-state index is 4.80. The van der Waals surface area contributed by atoms with Gasteiger partial charge in [-0.2, -0.15) is 9.97 Å². The Labute approximate surface area is 176 Å². The first-order valence-electron chi connectivity index (χ1n) is 10.5. The van der Waals surface area contributed by atoms with Crippen LogP contribution < -0.4 is 21.3 Å². The highest BCUT2D eigenvalue weighted by Gasteiger charge is 2.21. The van der Waals surface area contributed by atoms with Gasteiger partial charge in [0.1, 0.15) is 11.6 Å². The van der Waals surface area contributed by atoms with Crippen molar-refractivity contribution in [2.24, 2.45) is 0 Å². The van der Waals surface area contributed by atoms with Crippen molar-refractivity contribution in [3.63, 3.8) is 0 Å². The van der Waals surface area contributed by atoms with Crippen molar-refractivity contribution < 1.29 is 0 Å². The van der Waals surface area contributed by atoms with Crippen molar-refractivity contribution in [2.75, 3.05) is 21.3 Å². The summed E-state index contributed by atoms with van der Waals surface area (Å²) in [6.07, 6.45) is 0.840. The Bertz CT molecular complexity index is 761. The first-order chi connectivity index (χ1) is 13.4. The number of nitrogens with zero attached hydrogens (tertiary/aromatic N) is 2. The Kier molecular flexibility index (Phi) is 6.98. The summed E-state index contributed by atoms with van der Waals surface area (Å²) in [7, 11) is 0. The molecule has 0 unspecified atom stereocenters. The zero-order valence-corrected chi connectivity index (χ0v) is 19.5. The van der Waals surface area contributed by atoms with Gasteiger partial charge in [-0.1, -0.05) is 6.92 Å². The number of aromatic nitrogens is 2. The van der Waals surface area contributed by atoms with E-state index in [9.17, 15) is 0 Å². The van der Waals surface area contributed by atoms with Crippen molar-refractivity contribution in [3.05, 3.63) is 29.8 Å². The molecule has 6 heteroatoms. The van der Waals surface area contributed by atoms with E-state index in [0.29, 0.717) is 12.0 Å². The standard InChI is InChI=1S/C23H38N6/c1-10-18-19(28-22(4,5)6)26-21(27-20(18)29-23(7,8)9)25-17-13-11-16(12-14-17)24-15(2)3/h11-15,24H,10H2,1-9H3,(H3,25,26,27,28,29). The van der Waals surface area contributed by atoms with E-state index < -0.39 is 0 Å². The fourth-order valence-corrected chi connectivity index (χ4v) is 2.90. The van der Waals surface area contributed by atoms with Crippen LogP contribution in [-0.4, -0.2) is 27.1 Å². The molecule has 0 radical (unpaired) electrons. The smallest absolute Gasteiger partial charge is 0.231 e. The Morgan fingerprint density at radius 2 is 1.24 bits per heavy atom. The molecular formula is C23H38N6. The molecule has 29 heavy (non-hydrogen) atoms. The lowest BCUT2D eigenvalue weighted by Crippen LogP contribution is -2.30. The van der Waals surface area contributed by atoms with Gasteiger partial charge in [-0.15, -0.1) is 0 Å². The number of rotatable bonds is 7. The predicted octanol–water partition coefficient (Wildman–Crippen LogP) is 6.02. The summed E-state index contributed by atoms with van der Waals surface area (Å²) >= 11 is 0. The number of hydrogen-bond acceptors (Lipinski definition) is 6. The molecule has 6 nitrogen and oxygen atoms in total. The third-order valence-corrected chi connectivity index (χ3v) is 3.94. The van der Waals surface area contributed by atoms with Gasteiger partial charge in [0.05, 0.1) is 0 Å². The fourth-order valence-electron chi connectivity index (χ4n) is 2.90. The third kappa shape index (κ3) is 7.44. The van der Waals surface area contributed by atoms with Crippen LogP contribution in [-0.2, 0) is 6.42 Å². The minimum atomic E-state index is -0.0985. The Balaban J connectivity index is 2.39. The van der Waals surface area contributed by atoms with Gasteiger partial charge in [0.15, 0.2) is 0 Å². The van der Waals surface area contributed by atoms with Crippen molar-refractivity contribution in [1.82, 2.24) is 9.97 Å². The van der Waals surface area contributed by atoms with Gasteiger partial charge < -0.3 is 21.3 Å². The third-order valence-electron chi connectivity index (χ3n) is 3.94. The monoisotopic (exact) mass is 398 g/mol. The van der Waals surface area contributed by atoms with Gasteiger partial charge in [-0.25, -0.2) is 0 Å². The van der Waals surface area contributed by atoms with Gasteiger partial charge in [-0.05, 0) is 86.1 Å². The highest BCUT2D eigenvalue weighted by Crippen LogP contribution is 2.29. The van der Waals surface area contributed by atoms with Crippen LogP contribution in [0.25, 0.3) is 0 Å². The summed E-state index contributed by atoms with van der Waals surface area (Å²) in [5.74, 6) is 2.30. The molecule has 0 saturated carbocycles. The minimum Gasteiger partial charge on any atom is -0.383 e. The van der Waals surface area contributed by atoms with Crippen LogP contribution in [0, 0.1) is 0 Å². The first-order valence-corrected chi connectivity index (χ1v) is 10.5. The summed E-state index contributed by atoms with van der Waals surface area (Å²) in [5, 5.41) is 13.8. The molecule has 0 saturated heterocycles. The summed E-state index contributed by atoms with van der Waals surface area (Å²) in [4.78, 5) is 9.59. The second kappa shape index (κ2) is 8.89. The molecule has 0 aliphatic carbocycles. The molecule has 1 aromatic carbocycles. The van der Waals surface area contributed by atoms with E-state index in [-0.39, 0.29) is 11.1 Å². The second-order valence-electron chi connectivity index (χ2n) is 9.83. The van der Waals surface area contributed by atoms with Gasteiger partial charge in [-0.3, -0.25) is 0 Å². The SMILES string of the molecule is CCc1c(NC(C)(C)C)nc(Nc2ccc(NC(C)C)cc2)nc1NC(C)(C)C. The summed E-state index contributed by atoms with van der Waals surface area (Å²) in [6.45, 7) is 19.2. The van der Waals surface area contributed by atoms with Crippen molar-refractivity contribution in [2.45, 2.75) is 85.9 Å². The highest BCUT2D eigenvalue weighted by atomic mass is 15.2. The normalized spacial score (nSPS) is 12.1. The maximum Gasteiger partial charge on any atom is 0.231 e. The second-order valence-corrected chi connectivity index (χ2v) is 9.83. The number of anilines is 5. The van der Waals surface area contributed by atoms with Crippen LogP contribution in [0.2, 0.25) is 0 Å². The van der Waals surface area contributed by atoms with Crippen LogP contribution in [0.4, 0.5) is 29.0 Å². The molecule has 0 amide bonds. The van der Waals surface area contributed by atoms with Gasteiger partial charge in [0, 0.05) is 34.1 Å². The van der Waals surface area contributed by atoms with E-state index in [2.05, 4.69) is 95.7 Å². The van der Waals surface area contributed by atoms with Gasteiger partial charge >= 0.3 is 0 Å². The molecule has 0 bridgehead atoms. The van der Waals surface area contributed by atoms with Crippen molar-refractivity contribution in [3.8, 4) is 0 Å². The minimum absolute atomic E-state index is 0.0985. The Morgan fingerprint density at radius 3 is 1.62 bits per heavy atom. The number of hydrogen-bond donors (Lipinski definition) is 4. The van der Waals surface area contributed by atoms with Crippen molar-refractivity contribution >= 4 is 29.0 Å². The van der Waals surface area contributed by atoms with Crippen LogP contribution in [0.15, 0.2) is 24.3 Å². The quantitative estimate of drug-likeness (QED) is 0.457. The largest absolute Gasteiger partial charge is 0.383 e. The molecular weight excluding hydrogens is 360 g/mol. The van der Waals surface area contributed by atoms with Crippen LogP contribution in [0.5, 0.6) is 0 Å². The number of benzene rings is 1. The highest BCUT2D eigenvalue weighted by molar-refractivity contribution is 5.66. The van der Waals surface area contributed by atoms with E-state index in [1.54, 1.807) is 0 Å². The maximum atomic E-state index is 4.80. The molecule has 2 rings (SSSR count). The van der Waals surface area contributed by atoms with Crippen LogP contribution in [0.3, 0.4) is 0 Å². The molecule has 2 aromatic rings. The molecule has 0 spiro atoms. The molecule has 160 valence electrons. The molecule has 1 aromatic heterocycles. The first kappa shape index (κ1) is 22.8. The molecule has 0 fully saturated rings. The lowest BCUT2D eigenvalue weighted by atomic mass is 10.1. The van der Waals surface area contributed by atoms with Crippen LogP contribution in [0.1, 0.15) is 67.9 Å². The molecule has 4 N–H and O–H groups in total. The van der Waals surface area contributed by atoms with Crippen molar-refractivity contribution in [1.29, 1.82) is 0 Å². The zero-order chi connectivity index (χ0) is 21.8. The van der Waals surface area contributed by atoms with Crippen LogP contribution >= 0.6 is 0 Å². The molecule has 1 heterocycles. The predicted molar refractivity (Wildman–Crippen MR) is 127 cm³/mol. The number of nitrogens with one attached hydrogen (secondary N) is 4. The Hall–Kier alpha value is -2.50. The average Bonchev–Trinajstić information content (AvgIpc) is 2.53. The summed E-state index contributed by atoms with van der Waals surface area (Å²) in [5.41, 5.74) is 2.94. The topological polar surface area (TPSA) is 73.9 Å². The molecule has 0 atom stereocenters. The van der Waals surface area contributed by atoms with Gasteiger partial charge in [0.2, 0.25) is 5.95 Å². The lowest BCUT2D eigenvalue weighted by molar-refractivity contribution is 0.622. The van der Waals surface area contributed by atoms with E-state index in [1.807, 2.05) is 12.1 Å².